The minimum absolute atomic E-state index is 0.242. The second-order valence-corrected chi connectivity index (χ2v) is 6.50. The molecule has 0 aliphatic carbocycles. The molecule has 0 unspecified atom stereocenters. The molecular weight excluding hydrogens is 298 g/mol. The summed E-state index contributed by atoms with van der Waals surface area (Å²) in [6, 6.07) is 5.71. The first-order chi connectivity index (χ1) is 10.5. The molecule has 7 heteroatoms. The topological polar surface area (TPSA) is 71.8 Å². The van der Waals surface area contributed by atoms with Gasteiger partial charge in [-0.05, 0) is 32.0 Å². The second-order valence-electron chi connectivity index (χ2n) is 5.12. The number of pyridine rings is 1. The van der Waals surface area contributed by atoms with E-state index in [1.807, 2.05) is 39.1 Å². The number of fused-ring (bicyclic) bond motifs is 1. The van der Waals surface area contributed by atoms with E-state index in [-0.39, 0.29) is 6.03 Å². The monoisotopic (exact) mass is 315 g/mol. The van der Waals surface area contributed by atoms with Crippen molar-refractivity contribution in [1.29, 1.82) is 0 Å². The summed E-state index contributed by atoms with van der Waals surface area (Å²) in [5.74, 6) is 0. The smallest absolute Gasteiger partial charge is 0.319 e. The Morgan fingerprint density at radius 1 is 1.36 bits per heavy atom. The Bertz CT molecular complexity index is 836. The van der Waals surface area contributed by atoms with E-state index in [2.05, 4.69) is 20.7 Å². The first-order valence-corrected chi connectivity index (χ1v) is 7.74. The van der Waals surface area contributed by atoms with Crippen molar-refractivity contribution in [1.82, 2.24) is 20.1 Å². The fraction of sp³-hybridized carbons (Fsp3) is 0.267. The van der Waals surface area contributed by atoms with E-state index in [0.717, 1.165) is 21.6 Å². The van der Waals surface area contributed by atoms with Gasteiger partial charge in [-0.3, -0.25) is 4.68 Å². The molecule has 3 aromatic heterocycles. The Hall–Kier alpha value is -2.41. The van der Waals surface area contributed by atoms with E-state index >= 15 is 0 Å². The summed E-state index contributed by atoms with van der Waals surface area (Å²) in [6.07, 6.45) is 1.64. The van der Waals surface area contributed by atoms with Crippen LogP contribution in [-0.4, -0.2) is 20.8 Å². The number of rotatable bonds is 3. The molecule has 2 amide bonds. The van der Waals surface area contributed by atoms with Crippen molar-refractivity contribution in [2.24, 2.45) is 7.05 Å². The van der Waals surface area contributed by atoms with Crippen LogP contribution < -0.4 is 10.6 Å². The number of hydrogen-bond acceptors (Lipinski definition) is 4. The van der Waals surface area contributed by atoms with Crippen molar-refractivity contribution in [2.75, 3.05) is 5.32 Å². The molecule has 0 spiro atoms. The molecule has 3 rings (SSSR count). The maximum atomic E-state index is 12.0. The number of nitrogens with one attached hydrogen (secondary N) is 2. The van der Waals surface area contributed by atoms with Gasteiger partial charge < -0.3 is 10.6 Å². The molecule has 0 aliphatic rings. The molecule has 6 nitrogen and oxygen atoms in total. The van der Waals surface area contributed by atoms with Crippen LogP contribution in [0.1, 0.15) is 15.4 Å². The second kappa shape index (κ2) is 5.76. The highest BCUT2D eigenvalue weighted by Crippen LogP contribution is 2.19. The number of carbonyl (C=O) groups excluding carboxylic acids is 1. The van der Waals surface area contributed by atoms with E-state index < -0.39 is 0 Å². The normalized spacial score (nSPS) is 10.9. The summed E-state index contributed by atoms with van der Waals surface area (Å²) in [5, 5.41) is 10.9. The van der Waals surface area contributed by atoms with Gasteiger partial charge in [-0.1, -0.05) is 0 Å². The molecule has 0 saturated carbocycles. The van der Waals surface area contributed by atoms with Gasteiger partial charge in [0, 0.05) is 22.2 Å². The van der Waals surface area contributed by atoms with Gasteiger partial charge in [0.1, 0.15) is 0 Å². The molecular formula is C15H17N5OS. The predicted octanol–water partition coefficient (Wildman–Crippen LogP) is 2.97. The van der Waals surface area contributed by atoms with E-state index in [0.29, 0.717) is 12.2 Å². The predicted molar refractivity (Wildman–Crippen MR) is 88.2 cm³/mol. The molecule has 0 aliphatic heterocycles. The minimum atomic E-state index is -0.242. The molecule has 0 saturated heterocycles. The third-order valence-electron chi connectivity index (χ3n) is 3.34. The van der Waals surface area contributed by atoms with Gasteiger partial charge in [0.15, 0.2) is 5.65 Å². The van der Waals surface area contributed by atoms with Crippen LogP contribution in [0.4, 0.5) is 10.5 Å². The summed E-state index contributed by atoms with van der Waals surface area (Å²) in [6.45, 7) is 4.49. The van der Waals surface area contributed by atoms with Crippen molar-refractivity contribution in [3.63, 3.8) is 0 Å². The van der Waals surface area contributed by atoms with Crippen LogP contribution in [0.2, 0.25) is 0 Å². The number of aryl methyl sites for hydroxylation is 3. The zero-order valence-corrected chi connectivity index (χ0v) is 13.5. The van der Waals surface area contributed by atoms with Gasteiger partial charge in [-0.25, -0.2) is 9.78 Å². The standard InChI is InChI=1S/C15H17N5OS/c1-9-4-5-12(22-9)8-17-15(21)18-11-6-13-10(2)19-20(3)14(13)16-7-11/h4-7H,8H2,1-3H3,(H2,17,18,21). The van der Waals surface area contributed by atoms with Gasteiger partial charge in [-0.2, -0.15) is 5.10 Å². The SMILES string of the molecule is Cc1ccc(CNC(=O)Nc2cnc3c(c2)c(C)nn3C)s1. The Morgan fingerprint density at radius 2 is 2.18 bits per heavy atom. The van der Waals surface area contributed by atoms with E-state index in [9.17, 15) is 4.79 Å². The Labute approximate surface area is 132 Å². The number of aromatic nitrogens is 3. The molecule has 3 aromatic rings. The van der Waals surface area contributed by atoms with Crippen molar-refractivity contribution >= 4 is 34.1 Å². The number of nitrogens with zero attached hydrogens (tertiary/aromatic N) is 3. The summed E-state index contributed by atoms with van der Waals surface area (Å²) >= 11 is 1.68. The lowest BCUT2D eigenvalue weighted by molar-refractivity contribution is 0.252. The number of anilines is 1. The van der Waals surface area contributed by atoms with E-state index in [1.54, 1.807) is 22.2 Å². The Balaban J connectivity index is 1.67. The summed E-state index contributed by atoms with van der Waals surface area (Å²) < 4.78 is 1.73. The zero-order chi connectivity index (χ0) is 15.7. The largest absolute Gasteiger partial charge is 0.333 e. The van der Waals surface area contributed by atoms with Gasteiger partial charge in [0.2, 0.25) is 0 Å². The number of hydrogen-bond donors (Lipinski definition) is 2. The van der Waals surface area contributed by atoms with Crippen molar-refractivity contribution < 1.29 is 4.79 Å². The fourth-order valence-electron chi connectivity index (χ4n) is 2.30. The molecule has 0 aromatic carbocycles. The van der Waals surface area contributed by atoms with Crippen LogP contribution in [0.15, 0.2) is 24.4 Å². The number of carbonyl (C=O) groups is 1. The molecule has 0 radical (unpaired) electrons. The third-order valence-corrected chi connectivity index (χ3v) is 4.34. The molecule has 114 valence electrons. The third kappa shape index (κ3) is 2.94. The molecule has 0 atom stereocenters. The Morgan fingerprint density at radius 3 is 2.91 bits per heavy atom. The Kier molecular flexibility index (Phi) is 3.81. The summed E-state index contributed by atoms with van der Waals surface area (Å²) in [5.41, 5.74) is 2.35. The van der Waals surface area contributed by atoms with E-state index in [1.165, 1.54) is 4.88 Å². The van der Waals surface area contributed by atoms with Gasteiger partial charge >= 0.3 is 6.03 Å². The van der Waals surface area contributed by atoms with Crippen molar-refractivity contribution in [3.8, 4) is 0 Å². The molecule has 22 heavy (non-hydrogen) atoms. The average Bonchev–Trinajstić information content (AvgIpc) is 3.01. The summed E-state index contributed by atoms with van der Waals surface area (Å²) in [7, 11) is 1.85. The zero-order valence-electron chi connectivity index (χ0n) is 12.7. The lowest BCUT2D eigenvalue weighted by atomic mass is 10.2. The fourth-order valence-corrected chi connectivity index (χ4v) is 3.13. The van der Waals surface area contributed by atoms with Crippen molar-refractivity contribution in [2.45, 2.75) is 20.4 Å². The summed E-state index contributed by atoms with van der Waals surface area (Å²) in [4.78, 5) is 18.7. The van der Waals surface area contributed by atoms with Crippen LogP contribution in [0.25, 0.3) is 11.0 Å². The van der Waals surface area contributed by atoms with Gasteiger partial charge in [0.05, 0.1) is 24.1 Å². The van der Waals surface area contributed by atoms with Gasteiger partial charge in [0.25, 0.3) is 0 Å². The number of urea groups is 1. The highest BCUT2D eigenvalue weighted by molar-refractivity contribution is 7.11. The quantitative estimate of drug-likeness (QED) is 0.780. The lowest BCUT2D eigenvalue weighted by Crippen LogP contribution is -2.27. The minimum Gasteiger partial charge on any atom is -0.333 e. The number of thiophene rings is 1. The molecule has 0 fully saturated rings. The van der Waals surface area contributed by atoms with Crippen molar-refractivity contribution in [3.05, 3.63) is 39.8 Å². The highest BCUT2D eigenvalue weighted by atomic mass is 32.1. The maximum absolute atomic E-state index is 12.0. The van der Waals surface area contributed by atoms with Crippen LogP contribution in [0.5, 0.6) is 0 Å². The molecule has 2 N–H and O–H groups in total. The average molecular weight is 315 g/mol. The lowest BCUT2D eigenvalue weighted by Gasteiger charge is -2.06. The molecule has 3 heterocycles. The van der Waals surface area contributed by atoms with Gasteiger partial charge in [-0.15, -0.1) is 11.3 Å². The first kappa shape index (κ1) is 14.5. The number of amides is 2. The maximum Gasteiger partial charge on any atom is 0.319 e. The molecule has 0 bridgehead atoms. The van der Waals surface area contributed by atoms with Crippen LogP contribution in [-0.2, 0) is 13.6 Å². The highest BCUT2D eigenvalue weighted by Gasteiger charge is 2.09. The van der Waals surface area contributed by atoms with Crippen LogP contribution >= 0.6 is 11.3 Å². The van der Waals surface area contributed by atoms with Crippen LogP contribution in [0, 0.1) is 13.8 Å². The van der Waals surface area contributed by atoms with Crippen LogP contribution in [0.3, 0.4) is 0 Å². The van der Waals surface area contributed by atoms with E-state index in [4.69, 9.17) is 0 Å². The first-order valence-electron chi connectivity index (χ1n) is 6.92.